The van der Waals surface area contributed by atoms with Crippen LogP contribution in [-0.2, 0) is 0 Å². The Morgan fingerprint density at radius 1 is 1.00 bits per heavy atom. The predicted octanol–water partition coefficient (Wildman–Crippen LogP) is 6.20. The quantitative estimate of drug-likeness (QED) is 0.510. The zero-order chi connectivity index (χ0) is 19.8. The fourth-order valence-electron chi connectivity index (χ4n) is 5.47. The van der Waals surface area contributed by atoms with Crippen LogP contribution >= 0.6 is 0 Å². The van der Waals surface area contributed by atoms with E-state index in [1.165, 1.54) is 0 Å². The van der Waals surface area contributed by atoms with Crippen LogP contribution in [0.4, 0.5) is 26.3 Å². The second kappa shape index (κ2) is 5.32. The highest BCUT2D eigenvalue weighted by molar-refractivity contribution is 5.58. The van der Waals surface area contributed by atoms with E-state index in [-0.39, 0.29) is 5.57 Å². The maximum absolute atomic E-state index is 13.9. The van der Waals surface area contributed by atoms with E-state index >= 15 is 0 Å². The monoisotopic (exact) mass is 387 g/mol. The standard InChI is InChI=1S/C20H19F6N/c1-3-17-11-18(17,4-2)27-8-6-5-7-15(27)13-9-12(19(21,22)23)10-14(16(13)17)20(24,25)26/h5-10,16H,3-4,11H2,1-2H3. The molecule has 0 N–H and O–H groups in total. The third kappa shape index (κ3) is 2.26. The predicted molar refractivity (Wildman–Crippen MR) is 89.3 cm³/mol. The van der Waals surface area contributed by atoms with Gasteiger partial charge in [0.05, 0.1) is 11.1 Å². The van der Waals surface area contributed by atoms with Crippen molar-refractivity contribution in [2.24, 2.45) is 11.3 Å². The van der Waals surface area contributed by atoms with E-state index in [4.69, 9.17) is 0 Å². The van der Waals surface area contributed by atoms with Gasteiger partial charge in [0.1, 0.15) is 0 Å². The van der Waals surface area contributed by atoms with Crippen molar-refractivity contribution >= 4 is 0 Å². The number of rotatable bonds is 2. The smallest absolute Gasteiger partial charge is 0.341 e. The summed E-state index contributed by atoms with van der Waals surface area (Å²) in [6.07, 6.45) is 0.0684. The van der Waals surface area contributed by atoms with Crippen molar-refractivity contribution < 1.29 is 26.3 Å². The van der Waals surface area contributed by atoms with Gasteiger partial charge in [-0.1, -0.05) is 19.9 Å². The van der Waals surface area contributed by atoms with Gasteiger partial charge < -0.3 is 4.90 Å². The Morgan fingerprint density at radius 3 is 2.26 bits per heavy atom. The molecule has 0 amide bonds. The van der Waals surface area contributed by atoms with Crippen molar-refractivity contribution in [2.45, 2.75) is 51.0 Å². The molecule has 3 unspecified atom stereocenters. The first-order valence-electron chi connectivity index (χ1n) is 8.98. The lowest BCUT2D eigenvalue weighted by molar-refractivity contribution is -0.106. The molecular weight excluding hydrogens is 368 g/mol. The maximum Gasteiger partial charge on any atom is 0.416 e. The highest BCUT2D eigenvalue weighted by Crippen LogP contribution is 2.75. The molecule has 1 nitrogen and oxygen atoms in total. The number of nitrogens with zero attached hydrogens (tertiary/aromatic N) is 1. The molecule has 146 valence electrons. The molecule has 0 saturated heterocycles. The van der Waals surface area contributed by atoms with E-state index < -0.39 is 40.4 Å². The van der Waals surface area contributed by atoms with Gasteiger partial charge in [0, 0.05) is 28.8 Å². The lowest BCUT2D eigenvalue weighted by Crippen LogP contribution is -2.48. The average Bonchev–Trinajstić information content (AvgIpc) is 3.31. The number of allylic oxidation sites excluding steroid dienone is 8. The van der Waals surface area contributed by atoms with Gasteiger partial charge in [-0.05, 0) is 49.1 Å². The largest absolute Gasteiger partial charge is 0.416 e. The first-order valence-corrected chi connectivity index (χ1v) is 8.98. The molecule has 1 saturated carbocycles. The van der Waals surface area contributed by atoms with Gasteiger partial charge in [0.25, 0.3) is 0 Å². The molecule has 0 aromatic rings. The number of halogens is 6. The molecule has 2 heterocycles. The van der Waals surface area contributed by atoms with E-state index in [2.05, 4.69) is 0 Å². The number of hydrogen-bond acceptors (Lipinski definition) is 1. The third-order valence-electron chi connectivity index (χ3n) is 6.69. The zero-order valence-corrected chi connectivity index (χ0v) is 14.9. The molecule has 0 aromatic heterocycles. The minimum Gasteiger partial charge on any atom is -0.341 e. The zero-order valence-electron chi connectivity index (χ0n) is 14.9. The van der Waals surface area contributed by atoms with Crippen LogP contribution < -0.4 is 0 Å². The van der Waals surface area contributed by atoms with E-state index in [9.17, 15) is 26.3 Å². The van der Waals surface area contributed by atoms with Crippen molar-refractivity contribution in [1.29, 1.82) is 0 Å². The summed E-state index contributed by atoms with van der Waals surface area (Å²) in [4.78, 5) is 1.91. The number of hydrogen-bond donors (Lipinski definition) is 0. The molecule has 4 rings (SSSR count). The summed E-state index contributed by atoms with van der Waals surface area (Å²) >= 11 is 0. The van der Waals surface area contributed by atoms with Crippen LogP contribution in [0.1, 0.15) is 33.1 Å². The van der Waals surface area contributed by atoms with Crippen LogP contribution in [-0.4, -0.2) is 22.8 Å². The summed E-state index contributed by atoms with van der Waals surface area (Å²) < 4.78 is 81.8. The number of alkyl halides is 6. The highest BCUT2D eigenvalue weighted by Gasteiger charge is 2.75. The summed E-state index contributed by atoms with van der Waals surface area (Å²) in [5, 5.41) is 0. The summed E-state index contributed by atoms with van der Waals surface area (Å²) in [6.45, 7) is 3.77. The molecule has 0 spiro atoms. The normalized spacial score (nSPS) is 34.7. The minimum atomic E-state index is -4.84. The molecule has 0 radical (unpaired) electrons. The topological polar surface area (TPSA) is 3.24 Å². The molecular formula is C20H19F6N. The summed E-state index contributed by atoms with van der Waals surface area (Å²) in [7, 11) is 0. The summed E-state index contributed by atoms with van der Waals surface area (Å²) in [5.74, 6) is -1.07. The molecule has 27 heavy (non-hydrogen) atoms. The van der Waals surface area contributed by atoms with Crippen LogP contribution in [0.25, 0.3) is 0 Å². The van der Waals surface area contributed by atoms with Crippen LogP contribution in [0.5, 0.6) is 0 Å². The SMILES string of the molecule is CCC12CC1(CC)N1C=CC=CC1=C1C=C(C(F)(F)F)C=C(C(F)(F)F)C12. The van der Waals surface area contributed by atoms with Crippen molar-refractivity contribution in [3.63, 3.8) is 0 Å². The average molecular weight is 387 g/mol. The Hall–Kier alpha value is -1.92. The van der Waals surface area contributed by atoms with Gasteiger partial charge in [-0.3, -0.25) is 0 Å². The van der Waals surface area contributed by atoms with E-state index in [0.29, 0.717) is 31.0 Å². The first-order chi connectivity index (χ1) is 12.5. The van der Waals surface area contributed by atoms with Gasteiger partial charge in [-0.15, -0.1) is 0 Å². The molecule has 0 aromatic carbocycles. The third-order valence-corrected chi connectivity index (χ3v) is 6.69. The minimum absolute atomic E-state index is 0.126. The lowest BCUT2D eigenvalue weighted by atomic mass is 9.66. The molecule has 7 heteroatoms. The summed E-state index contributed by atoms with van der Waals surface area (Å²) in [6, 6.07) is 0. The van der Waals surface area contributed by atoms with Crippen LogP contribution in [0.15, 0.2) is 59.0 Å². The second-order valence-corrected chi connectivity index (χ2v) is 7.61. The van der Waals surface area contributed by atoms with Crippen molar-refractivity contribution in [3.05, 3.63) is 59.0 Å². The lowest BCUT2D eigenvalue weighted by Gasteiger charge is -2.48. The Balaban J connectivity index is 2.02. The molecule has 2 aliphatic heterocycles. The summed E-state index contributed by atoms with van der Waals surface area (Å²) in [5.41, 5.74) is -2.94. The van der Waals surface area contributed by atoms with Crippen LogP contribution in [0.3, 0.4) is 0 Å². The van der Waals surface area contributed by atoms with Gasteiger partial charge in [0.15, 0.2) is 0 Å². The van der Waals surface area contributed by atoms with Gasteiger partial charge in [-0.2, -0.15) is 26.3 Å². The van der Waals surface area contributed by atoms with Crippen LogP contribution in [0, 0.1) is 11.3 Å². The van der Waals surface area contributed by atoms with Gasteiger partial charge in [-0.25, -0.2) is 0 Å². The van der Waals surface area contributed by atoms with E-state index in [1.807, 2.05) is 18.7 Å². The highest BCUT2D eigenvalue weighted by atomic mass is 19.4. The molecule has 0 bridgehead atoms. The maximum atomic E-state index is 13.9. The van der Waals surface area contributed by atoms with Crippen LogP contribution in [0.2, 0.25) is 0 Å². The molecule has 2 aliphatic carbocycles. The second-order valence-electron chi connectivity index (χ2n) is 7.61. The number of fused-ring (bicyclic) bond motifs is 5. The van der Waals surface area contributed by atoms with E-state index in [1.54, 1.807) is 24.4 Å². The van der Waals surface area contributed by atoms with Crippen molar-refractivity contribution in [2.75, 3.05) is 0 Å². The van der Waals surface area contributed by atoms with Crippen molar-refractivity contribution in [3.8, 4) is 0 Å². The van der Waals surface area contributed by atoms with Gasteiger partial charge in [0.2, 0.25) is 0 Å². The Kier molecular flexibility index (Phi) is 3.64. The fraction of sp³-hybridized carbons (Fsp3) is 0.500. The van der Waals surface area contributed by atoms with E-state index in [0.717, 1.165) is 6.08 Å². The Morgan fingerprint density at radius 2 is 1.70 bits per heavy atom. The molecule has 1 fully saturated rings. The Labute approximate surface area is 153 Å². The Bertz CT molecular complexity index is 838. The molecule has 4 aliphatic rings. The first kappa shape index (κ1) is 18.4. The fourth-order valence-corrected chi connectivity index (χ4v) is 5.47. The molecule has 3 atom stereocenters. The van der Waals surface area contributed by atoms with Crippen molar-refractivity contribution in [1.82, 2.24) is 4.90 Å². The van der Waals surface area contributed by atoms with Gasteiger partial charge >= 0.3 is 12.4 Å².